The van der Waals surface area contributed by atoms with Gasteiger partial charge in [0.15, 0.2) is 14.4 Å². The molecule has 1 aliphatic rings. The maximum Gasteiger partial charge on any atom is 0.303 e. The third-order valence-electron chi connectivity index (χ3n) is 5.30. The van der Waals surface area contributed by atoms with Gasteiger partial charge >= 0.3 is 11.9 Å². The van der Waals surface area contributed by atoms with Crippen LogP contribution in [0.4, 0.5) is 0 Å². The molecule has 27 heavy (non-hydrogen) atoms. The number of hydrogen-bond acceptors (Lipinski definition) is 7. The average Bonchev–Trinajstić information content (AvgIpc) is 2.50. The van der Waals surface area contributed by atoms with Crippen molar-refractivity contribution in [3.8, 4) is 0 Å². The molecule has 1 rings (SSSR count). The standard InChI is InChI=1S/C19H36O6SSi/c1-10-26-18-12(2)16(23-13(3)20)17(24-14(4)21)15(25-18)11-22-27(8,9)19(5,6)7/h12,15-18H,10-11H2,1-9H3/t12?,15?,16-,17+,18+/m1/s1. The van der Waals surface area contributed by atoms with Gasteiger partial charge in [-0.25, -0.2) is 0 Å². The Bertz CT molecular complexity index is 519. The zero-order chi connectivity index (χ0) is 21.0. The van der Waals surface area contributed by atoms with E-state index in [9.17, 15) is 9.59 Å². The lowest BCUT2D eigenvalue weighted by molar-refractivity contribution is -0.214. The molecule has 8 heteroatoms. The molecular formula is C19H36O6SSi. The summed E-state index contributed by atoms with van der Waals surface area (Å²) in [6.07, 6.45) is -1.72. The van der Waals surface area contributed by atoms with Crippen molar-refractivity contribution in [2.75, 3.05) is 12.4 Å². The van der Waals surface area contributed by atoms with Crippen molar-refractivity contribution < 1.29 is 28.2 Å². The van der Waals surface area contributed by atoms with Gasteiger partial charge in [0.05, 0.1) is 6.61 Å². The summed E-state index contributed by atoms with van der Waals surface area (Å²) in [6, 6.07) is 0. The number of thioether (sulfide) groups is 1. The van der Waals surface area contributed by atoms with E-state index in [0.717, 1.165) is 5.75 Å². The molecule has 158 valence electrons. The predicted molar refractivity (Wildman–Crippen MR) is 110 cm³/mol. The van der Waals surface area contributed by atoms with Crippen molar-refractivity contribution in [2.45, 2.75) is 90.3 Å². The minimum atomic E-state index is -2.00. The topological polar surface area (TPSA) is 71.1 Å². The first kappa shape index (κ1) is 24.5. The molecule has 0 saturated carbocycles. The number of carbonyl (C=O) groups excluding carboxylic acids is 2. The fraction of sp³-hybridized carbons (Fsp3) is 0.895. The van der Waals surface area contributed by atoms with Crippen molar-refractivity contribution in [1.82, 2.24) is 0 Å². The average molecular weight is 421 g/mol. The molecule has 1 heterocycles. The lowest BCUT2D eigenvalue weighted by atomic mass is 9.93. The Labute approximate surface area is 169 Å². The Balaban J connectivity index is 3.10. The van der Waals surface area contributed by atoms with E-state index in [4.69, 9.17) is 18.6 Å². The molecule has 0 aromatic heterocycles. The summed E-state index contributed by atoms with van der Waals surface area (Å²) in [5.41, 5.74) is -0.154. The van der Waals surface area contributed by atoms with Crippen LogP contribution in [-0.4, -0.2) is 56.4 Å². The molecule has 0 N–H and O–H groups in total. The van der Waals surface area contributed by atoms with E-state index in [0.29, 0.717) is 6.61 Å². The summed E-state index contributed by atoms with van der Waals surface area (Å²) in [4.78, 5) is 23.4. The van der Waals surface area contributed by atoms with Crippen LogP contribution in [0, 0.1) is 5.92 Å². The van der Waals surface area contributed by atoms with Crippen LogP contribution in [-0.2, 0) is 28.2 Å². The Morgan fingerprint density at radius 3 is 2.04 bits per heavy atom. The molecule has 0 radical (unpaired) electrons. The number of ether oxygens (including phenoxy) is 3. The van der Waals surface area contributed by atoms with E-state index < -0.39 is 38.6 Å². The third kappa shape index (κ3) is 6.76. The van der Waals surface area contributed by atoms with Crippen molar-refractivity contribution in [1.29, 1.82) is 0 Å². The summed E-state index contributed by atoms with van der Waals surface area (Å²) in [5, 5.41) is 0.0543. The van der Waals surface area contributed by atoms with Crippen LogP contribution < -0.4 is 0 Å². The van der Waals surface area contributed by atoms with E-state index >= 15 is 0 Å². The molecule has 0 aliphatic carbocycles. The van der Waals surface area contributed by atoms with Crippen LogP contribution in [0.2, 0.25) is 18.1 Å². The van der Waals surface area contributed by atoms with Gasteiger partial charge in [-0.3, -0.25) is 9.59 Å². The van der Waals surface area contributed by atoms with Gasteiger partial charge in [-0.05, 0) is 23.9 Å². The molecule has 0 aromatic carbocycles. The van der Waals surface area contributed by atoms with Crippen LogP contribution in [0.25, 0.3) is 0 Å². The number of rotatable bonds is 7. The van der Waals surface area contributed by atoms with Gasteiger partial charge in [-0.1, -0.05) is 34.6 Å². The van der Waals surface area contributed by atoms with Crippen molar-refractivity contribution >= 4 is 32.0 Å². The maximum atomic E-state index is 11.7. The second kappa shape index (κ2) is 9.76. The second-order valence-electron chi connectivity index (χ2n) is 8.58. The SMILES string of the molecule is CCS[C@@H]1OC(CO[Si](C)(C)C(C)(C)C)[C@H](OC(C)=O)[C@H](OC(C)=O)C1C. The summed E-state index contributed by atoms with van der Waals surface area (Å²) >= 11 is 1.66. The molecule has 1 saturated heterocycles. The smallest absolute Gasteiger partial charge is 0.303 e. The fourth-order valence-corrected chi connectivity index (χ4v) is 4.76. The number of hydrogen-bond donors (Lipinski definition) is 0. The zero-order valence-electron chi connectivity index (χ0n) is 18.2. The largest absolute Gasteiger partial charge is 0.458 e. The van der Waals surface area contributed by atoms with Crippen LogP contribution in [0.15, 0.2) is 0 Å². The van der Waals surface area contributed by atoms with Crippen LogP contribution in [0.5, 0.6) is 0 Å². The van der Waals surface area contributed by atoms with Gasteiger partial charge in [-0.2, -0.15) is 0 Å². The Hall–Kier alpha value is -0.573. The number of esters is 2. The summed E-state index contributed by atoms with van der Waals surface area (Å²) < 4.78 is 23.7. The predicted octanol–water partition coefficient (Wildman–Crippen LogP) is 3.99. The summed E-state index contributed by atoms with van der Waals surface area (Å²) in [7, 11) is -2.00. The monoisotopic (exact) mass is 420 g/mol. The van der Waals surface area contributed by atoms with E-state index in [1.165, 1.54) is 13.8 Å². The van der Waals surface area contributed by atoms with Crippen molar-refractivity contribution in [3.63, 3.8) is 0 Å². The van der Waals surface area contributed by atoms with Gasteiger partial charge in [0.25, 0.3) is 0 Å². The molecular weight excluding hydrogens is 384 g/mol. The molecule has 6 nitrogen and oxygen atoms in total. The Kier molecular flexibility index (Phi) is 8.84. The molecule has 0 aromatic rings. The van der Waals surface area contributed by atoms with Gasteiger partial charge in [0, 0.05) is 19.8 Å². The highest BCUT2D eigenvalue weighted by molar-refractivity contribution is 7.99. The molecule has 0 amide bonds. The number of carbonyl (C=O) groups is 2. The quantitative estimate of drug-likeness (QED) is 0.455. The Morgan fingerprint density at radius 1 is 1.07 bits per heavy atom. The highest BCUT2D eigenvalue weighted by atomic mass is 32.2. The van der Waals surface area contributed by atoms with Crippen LogP contribution in [0.1, 0.15) is 48.5 Å². The summed E-state index contributed by atoms with van der Waals surface area (Å²) in [6.45, 7) is 17.9. The maximum absolute atomic E-state index is 11.7. The third-order valence-corrected chi connectivity index (χ3v) is 11.0. The molecule has 0 spiro atoms. The van der Waals surface area contributed by atoms with E-state index in [2.05, 4.69) is 40.8 Å². The zero-order valence-corrected chi connectivity index (χ0v) is 20.0. The minimum Gasteiger partial charge on any atom is -0.458 e. The van der Waals surface area contributed by atoms with Gasteiger partial charge in [0.2, 0.25) is 0 Å². The van der Waals surface area contributed by atoms with Gasteiger partial charge < -0.3 is 18.6 Å². The molecule has 5 atom stereocenters. The van der Waals surface area contributed by atoms with Crippen molar-refractivity contribution in [2.24, 2.45) is 5.92 Å². The van der Waals surface area contributed by atoms with E-state index in [1.807, 2.05) is 6.92 Å². The first-order chi connectivity index (χ1) is 12.3. The van der Waals surface area contributed by atoms with E-state index in [-0.39, 0.29) is 16.4 Å². The fourth-order valence-electron chi connectivity index (χ4n) is 2.74. The van der Waals surface area contributed by atoms with E-state index in [1.54, 1.807) is 11.8 Å². The highest BCUT2D eigenvalue weighted by Gasteiger charge is 2.49. The van der Waals surface area contributed by atoms with Gasteiger partial charge in [0.1, 0.15) is 17.6 Å². The highest BCUT2D eigenvalue weighted by Crippen LogP contribution is 2.39. The minimum absolute atomic E-state index is 0.0543. The first-order valence-electron chi connectivity index (χ1n) is 9.55. The first-order valence-corrected chi connectivity index (χ1v) is 13.5. The van der Waals surface area contributed by atoms with Crippen LogP contribution >= 0.6 is 11.8 Å². The molecule has 1 fully saturated rings. The molecule has 1 aliphatic heterocycles. The Morgan fingerprint density at radius 2 is 1.59 bits per heavy atom. The van der Waals surface area contributed by atoms with Crippen molar-refractivity contribution in [3.05, 3.63) is 0 Å². The van der Waals surface area contributed by atoms with Crippen LogP contribution in [0.3, 0.4) is 0 Å². The molecule has 0 bridgehead atoms. The summed E-state index contributed by atoms with van der Waals surface area (Å²) in [5.74, 6) is -0.0510. The lowest BCUT2D eigenvalue weighted by Gasteiger charge is -2.45. The molecule has 2 unspecified atom stereocenters. The lowest BCUT2D eigenvalue weighted by Crippen LogP contribution is -2.58. The normalized spacial score (nSPS) is 29.3. The van der Waals surface area contributed by atoms with Gasteiger partial charge in [-0.15, -0.1) is 11.8 Å². The second-order valence-corrected chi connectivity index (χ2v) is 14.8.